The highest BCUT2D eigenvalue weighted by Crippen LogP contribution is 2.29. The number of likely N-dealkylation sites (tertiary alicyclic amines) is 1. The van der Waals surface area contributed by atoms with Crippen molar-refractivity contribution >= 4 is 21.8 Å². The van der Waals surface area contributed by atoms with E-state index < -0.39 is 0 Å². The summed E-state index contributed by atoms with van der Waals surface area (Å²) in [5.41, 5.74) is 2.25. The highest BCUT2D eigenvalue weighted by atomic mass is 79.9. The third-order valence-electron chi connectivity index (χ3n) is 4.26. The first-order valence-corrected chi connectivity index (χ1v) is 7.96. The van der Waals surface area contributed by atoms with E-state index in [1.165, 1.54) is 5.56 Å². The highest BCUT2D eigenvalue weighted by Gasteiger charge is 2.38. The smallest absolute Gasteiger partial charge is 0.227 e. The zero-order valence-corrected chi connectivity index (χ0v) is 14.1. The second kappa shape index (κ2) is 6.27. The monoisotopic (exact) mass is 338 g/mol. The van der Waals surface area contributed by atoms with Gasteiger partial charge in [-0.1, -0.05) is 22.0 Å². The molecule has 3 nitrogen and oxygen atoms in total. The van der Waals surface area contributed by atoms with E-state index >= 15 is 0 Å². The predicted molar refractivity (Wildman–Crippen MR) is 85.9 cm³/mol. The number of amides is 1. The van der Waals surface area contributed by atoms with Crippen LogP contribution in [0.15, 0.2) is 22.7 Å². The van der Waals surface area contributed by atoms with E-state index in [1.807, 2.05) is 13.1 Å². The maximum Gasteiger partial charge on any atom is 0.227 e. The van der Waals surface area contributed by atoms with Gasteiger partial charge in [0.15, 0.2) is 0 Å². The van der Waals surface area contributed by atoms with Crippen molar-refractivity contribution in [1.82, 2.24) is 10.2 Å². The first kappa shape index (κ1) is 15.5. The predicted octanol–water partition coefficient (Wildman–Crippen LogP) is 2.90. The number of halogens is 1. The molecule has 4 heteroatoms. The lowest BCUT2D eigenvalue weighted by molar-refractivity contribution is -0.134. The average molecular weight is 339 g/mol. The summed E-state index contributed by atoms with van der Waals surface area (Å²) < 4.78 is 1.03. The quantitative estimate of drug-likeness (QED) is 0.915. The van der Waals surface area contributed by atoms with Crippen molar-refractivity contribution < 1.29 is 4.79 Å². The van der Waals surface area contributed by atoms with Crippen LogP contribution in [0, 0.1) is 6.92 Å². The number of carbonyl (C=O) groups is 1. The summed E-state index contributed by atoms with van der Waals surface area (Å²) in [6.45, 7) is 5.98. The summed E-state index contributed by atoms with van der Waals surface area (Å²) in [7, 11) is 1.95. The van der Waals surface area contributed by atoms with Gasteiger partial charge >= 0.3 is 0 Å². The Bertz CT molecular complexity index is 503. The zero-order valence-electron chi connectivity index (χ0n) is 12.5. The van der Waals surface area contributed by atoms with Gasteiger partial charge in [0.1, 0.15) is 0 Å². The number of aryl methyl sites for hydroxylation is 1. The molecule has 1 saturated heterocycles. The molecule has 1 fully saturated rings. The second-order valence-corrected chi connectivity index (χ2v) is 6.84. The molecular weight excluding hydrogens is 316 g/mol. The molecule has 1 atom stereocenters. The second-order valence-electron chi connectivity index (χ2n) is 5.92. The van der Waals surface area contributed by atoms with E-state index in [2.05, 4.69) is 52.1 Å². The van der Waals surface area contributed by atoms with Crippen molar-refractivity contribution in [3.05, 3.63) is 33.8 Å². The van der Waals surface area contributed by atoms with Crippen LogP contribution in [0.4, 0.5) is 0 Å². The van der Waals surface area contributed by atoms with Gasteiger partial charge in [-0.3, -0.25) is 4.79 Å². The molecule has 1 amide bonds. The first-order chi connectivity index (χ1) is 9.46. The summed E-state index contributed by atoms with van der Waals surface area (Å²) >= 11 is 3.48. The molecular formula is C16H23BrN2O. The Balaban J connectivity index is 2.13. The van der Waals surface area contributed by atoms with Crippen LogP contribution in [-0.2, 0) is 11.2 Å². The van der Waals surface area contributed by atoms with Crippen LogP contribution in [0.2, 0.25) is 0 Å². The van der Waals surface area contributed by atoms with Crippen molar-refractivity contribution in [2.45, 2.75) is 38.6 Å². The van der Waals surface area contributed by atoms with Gasteiger partial charge in [0.2, 0.25) is 5.91 Å². The molecule has 1 N–H and O–H groups in total. The van der Waals surface area contributed by atoms with Gasteiger partial charge in [-0.2, -0.15) is 0 Å². The number of carbonyl (C=O) groups excluding carboxylic acids is 1. The van der Waals surface area contributed by atoms with Gasteiger partial charge in [-0.15, -0.1) is 0 Å². The first-order valence-electron chi connectivity index (χ1n) is 7.16. The molecule has 0 radical (unpaired) electrons. The van der Waals surface area contributed by atoms with E-state index in [4.69, 9.17) is 0 Å². The van der Waals surface area contributed by atoms with Crippen molar-refractivity contribution in [2.24, 2.45) is 0 Å². The molecule has 0 aromatic heterocycles. The minimum atomic E-state index is -0.0360. The van der Waals surface area contributed by atoms with E-state index in [9.17, 15) is 4.79 Å². The molecule has 1 aromatic carbocycles. The van der Waals surface area contributed by atoms with Gasteiger partial charge in [0.25, 0.3) is 0 Å². The van der Waals surface area contributed by atoms with Gasteiger partial charge in [-0.05, 0) is 57.0 Å². The molecule has 0 aliphatic carbocycles. The normalized spacial score (nSPS) is 22.3. The number of likely N-dealkylation sites (N-methyl/N-ethyl adjacent to an activating group) is 1. The summed E-state index contributed by atoms with van der Waals surface area (Å²) in [4.78, 5) is 14.7. The lowest BCUT2D eigenvalue weighted by Gasteiger charge is -2.35. The fourth-order valence-electron chi connectivity index (χ4n) is 3.10. The van der Waals surface area contributed by atoms with Crippen LogP contribution in [0.1, 0.15) is 30.9 Å². The molecule has 110 valence electrons. The molecule has 2 rings (SSSR count). The fourth-order valence-corrected chi connectivity index (χ4v) is 3.51. The van der Waals surface area contributed by atoms with Gasteiger partial charge in [0, 0.05) is 17.6 Å². The zero-order chi connectivity index (χ0) is 14.8. The van der Waals surface area contributed by atoms with Crippen molar-refractivity contribution in [2.75, 3.05) is 20.1 Å². The summed E-state index contributed by atoms with van der Waals surface area (Å²) in [5, 5.41) is 3.22. The third-order valence-corrected chi connectivity index (χ3v) is 4.75. The Labute approximate surface area is 129 Å². The van der Waals surface area contributed by atoms with Crippen LogP contribution in [-0.4, -0.2) is 36.5 Å². The van der Waals surface area contributed by atoms with Gasteiger partial charge in [-0.25, -0.2) is 0 Å². The number of hydrogen-bond acceptors (Lipinski definition) is 2. The minimum absolute atomic E-state index is 0.0360. The Morgan fingerprint density at radius 3 is 2.95 bits per heavy atom. The van der Waals surface area contributed by atoms with Crippen LogP contribution < -0.4 is 5.32 Å². The van der Waals surface area contributed by atoms with Crippen molar-refractivity contribution in [3.63, 3.8) is 0 Å². The Morgan fingerprint density at radius 1 is 1.50 bits per heavy atom. The minimum Gasteiger partial charge on any atom is -0.336 e. The summed E-state index contributed by atoms with van der Waals surface area (Å²) in [5.74, 6) is 0.237. The Kier molecular flexibility index (Phi) is 4.86. The SMILES string of the molecule is CNCC1(C)CCCN1C(=O)Cc1cc(Br)ccc1C. The maximum absolute atomic E-state index is 12.7. The molecule has 1 aliphatic rings. The maximum atomic E-state index is 12.7. The standard InChI is InChI=1S/C16H23BrN2O/c1-12-5-6-14(17)9-13(12)10-15(20)19-8-4-7-16(19,2)11-18-3/h5-6,9,18H,4,7-8,10-11H2,1-3H3. The molecule has 1 heterocycles. The summed E-state index contributed by atoms with van der Waals surface area (Å²) in [6.07, 6.45) is 2.67. The Hall–Kier alpha value is -0.870. The number of nitrogens with zero attached hydrogens (tertiary/aromatic N) is 1. The van der Waals surface area contributed by atoms with E-state index in [0.29, 0.717) is 6.42 Å². The number of nitrogens with one attached hydrogen (secondary N) is 1. The summed E-state index contributed by atoms with van der Waals surface area (Å²) in [6, 6.07) is 6.13. The van der Waals surface area contributed by atoms with Crippen LogP contribution in [0.3, 0.4) is 0 Å². The lowest BCUT2D eigenvalue weighted by Crippen LogP contribution is -2.51. The number of rotatable bonds is 4. The molecule has 20 heavy (non-hydrogen) atoms. The third kappa shape index (κ3) is 3.23. The van der Waals surface area contributed by atoms with E-state index in [0.717, 1.165) is 36.0 Å². The fraction of sp³-hybridized carbons (Fsp3) is 0.562. The molecule has 1 unspecified atom stereocenters. The lowest BCUT2D eigenvalue weighted by atomic mass is 9.97. The molecule has 0 bridgehead atoms. The number of hydrogen-bond donors (Lipinski definition) is 1. The average Bonchev–Trinajstić information content (AvgIpc) is 2.76. The molecule has 0 spiro atoms. The molecule has 1 aromatic rings. The largest absolute Gasteiger partial charge is 0.336 e. The van der Waals surface area contributed by atoms with Crippen LogP contribution in [0.25, 0.3) is 0 Å². The van der Waals surface area contributed by atoms with Crippen LogP contribution in [0.5, 0.6) is 0 Å². The topological polar surface area (TPSA) is 32.3 Å². The van der Waals surface area contributed by atoms with Crippen LogP contribution >= 0.6 is 15.9 Å². The Morgan fingerprint density at radius 2 is 2.25 bits per heavy atom. The van der Waals surface area contributed by atoms with E-state index in [-0.39, 0.29) is 11.4 Å². The van der Waals surface area contributed by atoms with Crippen molar-refractivity contribution in [3.8, 4) is 0 Å². The van der Waals surface area contributed by atoms with E-state index in [1.54, 1.807) is 0 Å². The number of benzene rings is 1. The highest BCUT2D eigenvalue weighted by molar-refractivity contribution is 9.10. The van der Waals surface area contributed by atoms with Gasteiger partial charge in [0.05, 0.1) is 12.0 Å². The van der Waals surface area contributed by atoms with Gasteiger partial charge < -0.3 is 10.2 Å². The molecule has 0 saturated carbocycles. The van der Waals surface area contributed by atoms with Crippen molar-refractivity contribution in [1.29, 1.82) is 0 Å². The molecule has 1 aliphatic heterocycles.